The number of hydrogen-bond donors (Lipinski definition) is 2. The molecular formula is C21H19N5O3. The van der Waals surface area contributed by atoms with Crippen LogP contribution in [0.4, 0.5) is 4.79 Å². The molecular weight excluding hydrogens is 370 g/mol. The minimum Gasteiger partial charge on any atom is -0.336 e. The van der Waals surface area contributed by atoms with E-state index >= 15 is 0 Å². The number of benzene rings is 2. The molecule has 8 heteroatoms. The number of nitrogens with zero attached hydrogens (tertiary/aromatic N) is 3. The van der Waals surface area contributed by atoms with Gasteiger partial charge in [-0.2, -0.15) is 5.10 Å². The SMILES string of the molecule is O=C1NCC2(CN(C(=O)Cn3nc(-c4ccccc4)c4ccccc4c3=O)C2)N1. The summed E-state index contributed by atoms with van der Waals surface area (Å²) in [6.07, 6.45) is 0. The lowest BCUT2D eigenvalue weighted by molar-refractivity contribution is -0.139. The normalized spacial score (nSPS) is 17.1. The summed E-state index contributed by atoms with van der Waals surface area (Å²) in [5, 5.41) is 11.4. The third-order valence-electron chi connectivity index (χ3n) is 5.51. The van der Waals surface area contributed by atoms with Crippen LogP contribution in [0.5, 0.6) is 0 Å². The van der Waals surface area contributed by atoms with Gasteiger partial charge < -0.3 is 15.5 Å². The van der Waals surface area contributed by atoms with Crippen molar-refractivity contribution in [1.29, 1.82) is 0 Å². The quantitative estimate of drug-likeness (QED) is 0.697. The molecule has 3 aromatic rings. The number of nitrogens with one attached hydrogen (secondary N) is 2. The van der Waals surface area contributed by atoms with Crippen molar-refractivity contribution in [1.82, 2.24) is 25.3 Å². The van der Waals surface area contributed by atoms with Crippen LogP contribution in [0.3, 0.4) is 0 Å². The summed E-state index contributed by atoms with van der Waals surface area (Å²) in [5.41, 5.74) is 0.872. The molecule has 0 atom stereocenters. The Kier molecular flexibility index (Phi) is 3.87. The predicted molar refractivity (Wildman–Crippen MR) is 107 cm³/mol. The molecule has 3 amide bonds. The number of likely N-dealkylation sites (tertiary alicyclic amines) is 1. The maximum atomic E-state index is 12.9. The predicted octanol–water partition coefficient (Wildman–Crippen LogP) is 0.957. The lowest BCUT2D eigenvalue weighted by atomic mass is 9.91. The van der Waals surface area contributed by atoms with Gasteiger partial charge in [-0.1, -0.05) is 48.5 Å². The van der Waals surface area contributed by atoms with E-state index < -0.39 is 0 Å². The molecule has 29 heavy (non-hydrogen) atoms. The molecule has 1 aromatic heterocycles. The van der Waals surface area contributed by atoms with Gasteiger partial charge in [0.1, 0.15) is 6.54 Å². The molecule has 2 saturated heterocycles. The van der Waals surface area contributed by atoms with Gasteiger partial charge in [0.15, 0.2) is 0 Å². The van der Waals surface area contributed by atoms with E-state index in [1.54, 1.807) is 17.0 Å². The van der Waals surface area contributed by atoms with Crippen LogP contribution in [0.1, 0.15) is 0 Å². The van der Waals surface area contributed by atoms with E-state index in [9.17, 15) is 14.4 Å². The summed E-state index contributed by atoms with van der Waals surface area (Å²) in [6.45, 7) is 1.22. The van der Waals surface area contributed by atoms with Crippen molar-refractivity contribution in [2.75, 3.05) is 19.6 Å². The maximum absolute atomic E-state index is 12.9. The van der Waals surface area contributed by atoms with Gasteiger partial charge in [-0.15, -0.1) is 0 Å². The lowest BCUT2D eigenvalue weighted by Crippen LogP contribution is -2.70. The van der Waals surface area contributed by atoms with Crippen molar-refractivity contribution in [2.24, 2.45) is 0 Å². The van der Waals surface area contributed by atoms with E-state index in [2.05, 4.69) is 15.7 Å². The molecule has 146 valence electrons. The summed E-state index contributed by atoms with van der Waals surface area (Å²) in [5.74, 6) is -0.194. The van der Waals surface area contributed by atoms with Crippen molar-refractivity contribution < 1.29 is 9.59 Å². The van der Waals surface area contributed by atoms with Crippen LogP contribution in [0.2, 0.25) is 0 Å². The molecule has 0 saturated carbocycles. The van der Waals surface area contributed by atoms with Gasteiger partial charge >= 0.3 is 6.03 Å². The fourth-order valence-corrected chi connectivity index (χ4v) is 4.01. The highest BCUT2D eigenvalue weighted by Gasteiger charge is 2.49. The molecule has 8 nitrogen and oxygen atoms in total. The standard InChI is InChI=1S/C21H19N5O3/c27-17(25-12-21(13-25)11-22-20(29)23-21)10-26-19(28)16-9-5-4-8-15(16)18(24-26)14-6-2-1-3-7-14/h1-9H,10-13H2,(H2,22,23,29). The highest BCUT2D eigenvalue weighted by atomic mass is 16.2. The molecule has 2 aliphatic heterocycles. The second-order valence-electron chi connectivity index (χ2n) is 7.56. The fourth-order valence-electron chi connectivity index (χ4n) is 4.01. The Balaban J connectivity index is 1.46. The van der Waals surface area contributed by atoms with Gasteiger partial charge in [-0.25, -0.2) is 9.48 Å². The number of aromatic nitrogens is 2. The first-order valence-corrected chi connectivity index (χ1v) is 9.44. The number of carbonyl (C=O) groups excluding carboxylic acids is 2. The zero-order chi connectivity index (χ0) is 20.0. The average Bonchev–Trinajstić information content (AvgIpc) is 3.12. The molecule has 1 spiro atoms. The number of hydrogen-bond acceptors (Lipinski definition) is 4. The Morgan fingerprint density at radius 2 is 1.69 bits per heavy atom. The average molecular weight is 389 g/mol. The summed E-state index contributed by atoms with van der Waals surface area (Å²) >= 11 is 0. The lowest BCUT2D eigenvalue weighted by Gasteiger charge is -2.46. The molecule has 0 radical (unpaired) electrons. The van der Waals surface area contributed by atoms with E-state index in [0.29, 0.717) is 30.7 Å². The van der Waals surface area contributed by atoms with Gasteiger partial charge in [0.25, 0.3) is 5.56 Å². The first-order chi connectivity index (χ1) is 14.0. The van der Waals surface area contributed by atoms with Crippen molar-refractivity contribution >= 4 is 22.7 Å². The van der Waals surface area contributed by atoms with Crippen LogP contribution in [-0.4, -0.2) is 51.8 Å². The smallest absolute Gasteiger partial charge is 0.315 e. The van der Waals surface area contributed by atoms with E-state index in [-0.39, 0.29) is 29.6 Å². The topological polar surface area (TPSA) is 96.3 Å². The summed E-state index contributed by atoms with van der Waals surface area (Å²) in [7, 11) is 0. The van der Waals surface area contributed by atoms with Gasteiger partial charge in [-0.05, 0) is 6.07 Å². The Bertz CT molecular complexity index is 1180. The second kappa shape index (κ2) is 6.44. The monoisotopic (exact) mass is 389 g/mol. The zero-order valence-corrected chi connectivity index (χ0v) is 15.6. The molecule has 0 unspecified atom stereocenters. The van der Waals surface area contributed by atoms with E-state index in [1.165, 1.54) is 4.68 Å². The Morgan fingerprint density at radius 3 is 2.38 bits per heavy atom. The van der Waals surface area contributed by atoms with E-state index in [0.717, 1.165) is 10.9 Å². The Morgan fingerprint density at radius 1 is 1.00 bits per heavy atom. The first-order valence-electron chi connectivity index (χ1n) is 9.44. The van der Waals surface area contributed by atoms with Crippen LogP contribution < -0.4 is 16.2 Å². The van der Waals surface area contributed by atoms with Gasteiger partial charge in [0.05, 0.1) is 16.6 Å². The maximum Gasteiger partial charge on any atom is 0.315 e. The van der Waals surface area contributed by atoms with Crippen LogP contribution in [0.25, 0.3) is 22.0 Å². The number of urea groups is 1. The summed E-state index contributed by atoms with van der Waals surface area (Å²) < 4.78 is 1.24. The molecule has 2 aliphatic rings. The summed E-state index contributed by atoms with van der Waals surface area (Å²) in [4.78, 5) is 38.7. The minimum absolute atomic E-state index is 0.138. The number of carbonyl (C=O) groups is 2. The first kappa shape index (κ1) is 17.4. The van der Waals surface area contributed by atoms with Crippen LogP contribution >= 0.6 is 0 Å². The molecule has 0 aliphatic carbocycles. The Labute approximate surface area is 166 Å². The van der Waals surface area contributed by atoms with Crippen molar-refractivity contribution in [3.05, 3.63) is 65.0 Å². The van der Waals surface area contributed by atoms with Gasteiger partial charge in [0.2, 0.25) is 5.91 Å². The third kappa shape index (κ3) is 2.93. The van der Waals surface area contributed by atoms with Gasteiger partial charge in [0, 0.05) is 30.6 Å². The second-order valence-corrected chi connectivity index (χ2v) is 7.56. The van der Waals surface area contributed by atoms with Crippen LogP contribution in [0, 0.1) is 0 Å². The van der Waals surface area contributed by atoms with Crippen LogP contribution in [-0.2, 0) is 11.3 Å². The zero-order valence-electron chi connectivity index (χ0n) is 15.6. The minimum atomic E-state index is -0.385. The van der Waals surface area contributed by atoms with Crippen molar-refractivity contribution in [3.8, 4) is 11.3 Å². The summed E-state index contributed by atoms with van der Waals surface area (Å²) in [6, 6.07) is 16.7. The van der Waals surface area contributed by atoms with Crippen LogP contribution in [0.15, 0.2) is 59.4 Å². The highest BCUT2D eigenvalue weighted by molar-refractivity contribution is 5.94. The largest absolute Gasteiger partial charge is 0.336 e. The van der Waals surface area contributed by atoms with Crippen molar-refractivity contribution in [3.63, 3.8) is 0 Å². The molecule has 2 N–H and O–H groups in total. The number of fused-ring (bicyclic) bond motifs is 1. The Hall–Kier alpha value is -3.68. The van der Waals surface area contributed by atoms with E-state index in [4.69, 9.17) is 0 Å². The molecule has 2 fully saturated rings. The number of rotatable bonds is 3. The van der Waals surface area contributed by atoms with Gasteiger partial charge in [-0.3, -0.25) is 9.59 Å². The fraction of sp³-hybridized carbons (Fsp3) is 0.238. The third-order valence-corrected chi connectivity index (χ3v) is 5.51. The molecule has 5 rings (SSSR count). The number of amides is 3. The van der Waals surface area contributed by atoms with Crippen molar-refractivity contribution in [2.45, 2.75) is 12.1 Å². The molecule has 3 heterocycles. The van der Waals surface area contributed by atoms with E-state index in [1.807, 2.05) is 42.5 Å². The molecule has 2 aromatic carbocycles. The molecule has 0 bridgehead atoms. The highest BCUT2D eigenvalue weighted by Crippen LogP contribution is 2.25.